The van der Waals surface area contributed by atoms with E-state index in [4.69, 9.17) is 4.74 Å². The van der Waals surface area contributed by atoms with Crippen molar-refractivity contribution in [2.75, 3.05) is 7.05 Å². The maximum Gasteiger partial charge on any atom is 0.308 e. The van der Waals surface area contributed by atoms with E-state index in [2.05, 4.69) is 11.9 Å². The van der Waals surface area contributed by atoms with Gasteiger partial charge in [-0.05, 0) is 25.5 Å². The zero-order chi connectivity index (χ0) is 21.5. The summed E-state index contributed by atoms with van der Waals surface area (Å²) in [6, 6.07) is 20.0. The number of carbonyl (C=O) groups excluding carboxylic acids is 2. The number of carbonyl (C=O) groups is 2. The van der Waals surface area contributed by atoms with E-state index in [-0.39, 0.29) is 48.3 Å². The maximum absolute atomic E-state index is 12.7. The summed E-state index contributed by atoms with van der Waals surface area (Å²) in [5.41, 5.74) is 1.81. The minimum absolute atomic E-state index is 0. The van der Waals surface area contributed by atoms with Crippen molar-refractivity contribution in [1.29, 1.82) is 0 Å². The molecule has 31 heavy (non-hydrogen) atoms. The first-order valence-electron chi connectivity index (χ1n) is 11.0. The zero-order valence-corrected chi connectivity index (χ0v) is 19.5. The molecule has 1 heterocycles. The first-order valence-corrected chi connectivity index (χ1v) is 11.0. The Labute approximate surface area is 192 Å². The van der Waals surface area contributed by atoms with Crippen LogP contribution in [-0.2, 0) is 9.53 Å². The van der Waals surface area contributed by atoms with Crippen molar-refractivity contribution in [2.24, 2.45) is 5.92 Å². The van der Waals surface area contributed by atoms with E-state index in [9.17, 15) is 9.59 Å². The predicted molar refractivity (Wildman–Crippen MR) is 127 cm³/mol. The smallest absolute Gasteiger partial charge is 0.308 e. The number of likely N-dealkylation sites (tertiary alicyclic amines) is 1. The lowest BCUT2D eigenvalue weighted by Gasteiger charge is -2.41. The minimum atomic E-state index is -0.267. The van der Waals surface area contributed by atoms with Crippen LogP contribution in [0.25, 0.3) is 0 Å². The molecule has 2 aromatic rings. The molecule has 5 heteroatoms. The van der Waals surface area contributed by atoms with Crippen LogP contribution in [0.15, 0.2) is 60.7 Å². The summed E-state index contributed by atoms with van der Waals surface area (Å²) in [6.07, 6.45) is 4.16. The number of hydrogen-bond acceptors (Lipinski definition) is 4. The largest absolute Gasteiger partial charge is 0.457 e. The number of nitrogens with zero attached hydrogens (tertiary/aromatic N) is 1. The molecule has 1 aliphatic rings. The van der Waals surface area contributed by atoms with Gasteiger partial charge in [-0.3, -0.25) is 14.5 Å². The third kappa shape index (κ3) is 6.91. The number of ketones is 1. The first kappa shape index (κ1) is 25.1. The van der Waals surface area contributed by atoms with E-state index in [1.807, 2.05) is 74.5 Å². The Bertz CT molecular complexity index is 825. The lowest BCUT2D eigenvalue weighted by molar-refractivity contribution is -0.154. The molecule has 168 valence electrons. The number of piperidine rings is 1. The summed E-state index contributed by atoms with van der Waals surface area (Å²) in [6.45, 7) is 3.73. The monoisotopic (exact) mass is 443 g/mol. The van der Waals surface area contributed by atoms with Gasteiger partial charge in [-0.25, -0.2) is 0 Å². The van der Waals surface area contributed by atoms with Crippen LogP contribution in [0.1, 0.15) is 68.0 Å². The van der Waals surface area contributed by atoms with E-state index in [0.717, 1.165) is 36.8 Å². The Morgan fingerprint density at radius 3 is 2.16 bits per heavy atom. The Kier molecular flexibility index (Phi) is 9.73. The van der Waals surface area contributed by atoms with E-state index in [0.29, 0.717) is 6.42 Å². The van der Waals surface area contributed by atoms with Gasteiger partial charge in [0, 0.05) is 30.5 Å². The van der Waals surface area contributed by atoms with Crippen molar-refractivity contribution >= 4 is 24.2 Å². The van der Waals surface area contributed by atoms with Gasteiger partial charge in [-0.1, -0.05) is 80.9 Å². The molecule has 1 aliphatic heterocycles. The number of ether oxygens (including phenoxy) is 1. The van der Waals surface area contributed by atoms with E-state index in [1.54, 1.807) is 0 Å². The van der Waals surface area contributed by atoms with Gasteiger partial charge in [0.1, 0.15) is 6.10 Å². The summed E-state index contributed by atoms with van der Waals surface area (Å²) < 4.78 is 5.90. The number of benzene rings is 2. The number of rotatable bonds is 8. The summed E-state index contributed by atoms with van der Waals surface area (Å²) in [7, 11) is 2.11. The maximum atomic E-state index is 12.7. The van der Waals surface area contributed by atoms with E-state index in [1.165, 1.54) is 0 Å². The van der Waals surface area contributed by atoms with Crippen LogP contribution in [0.3, 0.4) is 0 Å². The molecule has 0 spiro atoms. The molecule has 0 saturated carbocycles. The quantitative estimate of drug-likeness (QED) is 0.378. The predicted octanol–water partition coefficient (Wildman–Crippen LogP) is 5.86. The highest BCUT2D eigenvalue weighted by molar-refractivity contribution is 5.96. The second kappa shape index (κ2) is 12.0. The topological polar surface area (TPSA) is 46.6 Å². The molecule has 0 aliphatic carbocycles. The molecule has 1 saturated heterocycles. The molecule has 0 amide bonds. The normalized spacial score (nSPS) is 20.0. The van der Waals surface area contributed by atoms with Gasteiger partial charge in [-0.2, -0.15) is 0 Å². The van der Waals surface area contributed by atoms with Crippen LogP contribution in [0.2, 0.25) is 0 Å². The lowest BCUT2D eigenvalue weighted by Crippen LogP contribution is -2.45. The van der Waals surface area contributed by atoms with Crippen molar-refractivity contribution in [3.63, 3.8) is 0 Å². The molecule has 0 unspecified atom stereocenters. The standard InChI is InChI=1S/C26H33NO3.ClH/c1-19(2)26(29)30-25(21-13-8-5-9-14-21)18-23-16-10-15-22(27(23)3)17-24(28)20-11-6-4-7-12-20;/h4-9,11-14,19,22-23,25H,10,15-18H2,1-3H3;1H/t22-,23+,25+;/m1./s1. The fourth-order valence-corrected chi connectivity index (χ4v) is 4.22. The number of esters is 1. The molecule has 3 rings (SSSR count). The molecule has 2 aromatic carbocycles. The number of Topliss-reactive ketones (excluding diaryl/α,β-unsaturated/α-hetero) is 1. The SMILES string of the molecule is CC(C)C(=O)O[C@@H](C[C@@H]1CCC[C@H](CC(=O)c2ccccc2)N1C)c1ccccc1.Cl. The summed E-state index contributed by atoms with van der Waals surface area (Å²) >= 11 is 0. The van der Waals surface area contributed by atoms with Crippen LogP contribution in [-0.4, -0.2) is 35.8 Å². The molecule has 4 nitrogen and oxygen atoms in total. The van der Waals surface area contributed by atoms with Gasteiger partial charge < -0.3 is 4.74 Å². The molecule has 0 aromatic heterocycles. The highest BCUT2D eigenvalue weighted by Crippen LogP contribution is 2.32. The summed E-state index contributed by atoms with van der Waals surface area (Å²) in [4.78, 5) is 27.4. The molecule has 1 fully saturated rings. The lowest BCUT2D eigenvalue weighted by atomic mass is 9.88. The van der Waals surface area contributed by atoms with E-state index >= 15 is 0 Å². The summed E-state index contributed by atoms with van der Waals surface area (Å²) in [5, 5.41) is 0. The number of halogens is 1. The highest BCUT2D eigenvalue weighted by Gasteiger charge is 2.32. The average Bonchev–Trinajstić information content (AvgIpc) is 2.77. The van der Waals surface area contributed by atoms with Gasteiger partial charge in [-0.15, -0.1) is 12.4 Å². The van der Waals surface area contributed by atoms with Crippen molar-refractivity contribution in [3.8, 4) is 0 Å². The Morgan fingerprint density at radius 1 is 0.968 bits per heavy atom. The Hall–Kier alpha value is -2.17. The van der Waals surface area contributed by atoms with Crippen molar-refractivity contribution in [2.45, 2.75) is 64.1 Å². The van der Waals surface area contributed by atoms with Gasteiger partial charge in [0.15, 0.2) is 5.78 Å². The first-order chi connectivity index (χ1) is 14.5. The van der Waals surface area contributed by atoms with Crippen LogP contribution in [0.4, 0.5) is 0 Å². The van der Waals surface area contributed by atoms with Crippen LogP contribution < -0.4 is 0 Å². The minimum Gasteiger partial charge on any atom is -0.457 e. The van der Waals surface area contributed by atoms with E-state index < -0.39 is 0 Å². The van der Waals surface area contributed by atoms with Crippen molar-refractivity contribution < 1.29 is 14.3 Å². The van der Waals surface area contributed by atoms with Crippen LogP contribution in [0.5, 0.6) is 0 Å². The molecule has 0 radical (unpaired) electrons. The third-order valence-corrected chi connectivity index (χ3v) is 6.13. The molecule has 3 atom stereocenters. The van der Waals surface area contributed by atoms with Gasteiger partial charge in [0.05, 0.1) is 5.92 Å². The fourth-order valence-electron chi connectivity index (χ4n) is 4.22. The fraction of sp³-hybridized carbons (Fsp3) is 0.462. The Morgan fingerprint density at radius 2 is 1.55 bits per heavy atom. The third-order valence-electron chi connectivity index (χ3n) is 6.13. The van der Waals surface area contributed by atoms with Crippen molar-refractivity contribution in [1.82, 2.24) is 4.90 Å². The average molecular weight is 444 g/mol. The molecular formula is C26H34ClNO3. The van der Waals surface area contributed by atoms with Crippen molar-refractivity contribution in [3.05, 3.63) is 71.8 Å². The second-order valence-electron chi connectivity index (χ2n) is 8.62. The van der Waals surface area contributed by atoms with Crippen LogP contribution >= 0.6 is 12.4 Å². The van der Waals surface area contributed by atoms with Gasteiger partial charge in [0.25, 0.3) is 0 Å². The summed E-state index contributed by atoms with van der Waals surface area (Å²) in [5.74, 6) is -0.131. The number of hydrogen-bond donors (Lipinski definition) is 0. The zero-order valence-electron chi connectivity index (χ0n) is 18.7. The molecule has 0 N–H and O–H groups in total. The van der Waals surface area contributed by atoms with Gasteiger partial charge >= 0.3 is 5.97 Å². The van der Waals surface area contributed by atoms with Gasteiger partial charge in [0.2, 0.25) is 0 Å². The molecule has 0 bridgehead atoms. The van der Waals surface area contributed by atoms with Crippen LogP contribution in [0, 0.1) is 5.92 Å². The Balaban J connectivity index is 0.00000341. The highest BCUT2D eigenvalue weighted by atomic mass is 35.5. The molecular weight excluding hydrogens is 410 g/mol. The second-order valence-corrected chi connectivity index (χ2v) is 8.62.